The molecule has 4 aromatic carbocycles. The first-order valence-corrected chi connectivity index (χ1v) is 14.8. The van der Waals surface area contributed by atoms with E-state index < -0.39 is 28.6 Å². The van der Waals surface area contributed by atoms with E-state index in [0.717, 1.165) is 33.4 Å². The van der Waals surface area contributed by atoms with Crippen molar-refractivity contribution in [2.75, 3.05) is 13.2 Å². The predicted molar refractivity (Wildman–Crippen MR) is 171 cm³/mol. The molecule has 0 heterocycles. The van der Waals surface area contributed by atoms with E-state index in [-0.39, 0.29) is 13.2 Å². The smallest absolute Gasteiger partial charge is 0.324 e. The highest BCUT2D eigenvalue weighted by atomic mass is 16.6. The maximum atomic E-state index is 14.4. The van der Waals surface area contributed by atoms with Crippen LogP contribution in [0.4, 0.5) is 0 Å². The Morgan fingerprint density at radius 1 is 0.860 bits per heavy atom. The van der Waals surface area contributed by atoms with Gasteiger partial charge in [0.2, 0.25) is 0 Å². The molecule has 0 aromatic heterocycles. The van der Waals surface area contributed by atoms with Crippen LogP contribution in [0.1, 0.15) is 49.4 Å². The summed E-state index contributed by atoms with van der Waals surface area (Å²) in [5.41, 5.74) is 3.52. The number of esters is 1. The number of fused-ring (bicyclic) bond motifs is 3. The number of carbonyl (C=O) groups is 1. The zero-order valence-corrected chi connectivity index (χ0v) is 25.3. The highest BCUT2D eigenvalue weighted by molar-refractivity contribution is 5.84. The van der Waals surface area contributed by atoms with Crippen LogP contribution in [-0.2, 0) is 26.4 Å². The molecule has 2 N–H and O–H groups in total. The van der Waals surface area contributed by atoms with Crippen LogP contribution in [0.3, 0.4) is 0 Å². The summed E-state index contributed by atoms with van der Waals surface area (Å²) in [5.74, 6) is -0.455. The van der Waals surface area contributed by atoms with Gasteiger partial charge in [0.15, 0.2) is 0 Å². The molecule has 0 radical (unpaired) electrons. The Labute approximate surface area is 255 Å². The Bertz CT molecular complexity index is 1500. The van der Waals surface area contributed by atoms with Crippen molar-refractivity contribution in [3.63, 3.8) is 0 Å². The Kier molecular flexibility index (Phi) is 8.97. The Morgan fingerprint density at radius 2 is 1.40 bits per heavy atom. The van der Waals surface area contributed by atoms with Gasteiger partial charge >= 0.3 is 5.97 Å². The number of benzene rings is 4. The summed E-state index contributed by atoms with van der Waals surface area (Å²) >= 11 is 0. The lowest BCUT2D eigenvalue weighted by molar-refractivity contribution is -0.165. The Hall–Kier alpha value is -4.03. The number of hydrogen-bond donors (Lipinski definition) is 2. The quantitative estimate of drug-likeness (QED) is 0.140. The summed E-state index contributed by atoms with van der Waals surface area (Å²) in [6, 6.07) is 35.7. The van der Waals surface area contributed by atoms with Crippen molar-refractivity contribution < 1.29 is 19.4 Å². The molecule has 2 atom stereocenters. The van der Waals surface area contributed by atoms with Gasteiger partial charge in [0.1, 0.15) is 11.6 Å². The average Bonchev–Trinajstić information content (AvgIpc) is 3.30. The number of aliphatic hydroxyl groups excluding tert-OH is 1. The van der Waals surface area contributed by atoms with Gasteiger partial charge < -0.3 is 14.6 Å². The largest absolute Gasteiger partial charge is 0.459 e. The molecule has 0 saturated carbocycles. The second-order valence-electron chi connectivity index (χ2n) is 12.3. The summed E-state index contributed by atoms with van der Waals surface area (Å²) in [4.78, 5) is 14.4. The fraction of sp³-hybridized carbons (Fsp3) is 0.289. The highest BCUT2D eigenvalue weighted by Crippen LogP contribution is 2.52. The van der Waals surface area contributed by atoms with Crippen molar-refractivity contribution in [1.82, 2.24) is 5.32 Å². The molecule has 5 nitrogen and oxygen atoms in total. The number of carbonyl (C=O) groups excluding carboxylic acids is 1. The molecular weight excluding hydrogens is 534 g/mol. The number of rotatable bonds is 12. The lowest BCUT2D eigenvalue weighted by atomic mass is 9.74. The van der Waals surface area contributed by atoms with Crippen LogP contribution in [0.25, 0.3) is 11.1 Å². The van der Waals surface area contributed by atoms with Crippen LogP contribution in [-0.4, -0.2) is 35.9 Å². The third-order valence-electron chi connectivity index (χ3n) is 8.14. The second-order valence-corrected chi connectivity index (χ2v) is 12.3. The summed E-state index contributed by atoms with van der Waals surface area (Å²) in [6.45, 7) is 9.71. The van der Waals surface area contributed by atoms with Crippen molar-refractivity contribution in [3.05, 3.63) is 144 Å². The summed E-state index contributed by atoms with van der Waals surface area (Å²) in [5, 5.41) is 15.0. The number of nitrogens with one attached hydrogen (secondary N) is 1. The first kappa shape index (κ1) is 30.4. The van der Waals surface area contributed by atoms with Crippen LogP contribution in [0.15, 0.2) is 122 Å². The Morgan fingerprint density at radius 3 is 1.93 bits per heavy atom. The zero-order chi connectivity index (χ0) is 30.5. The fourth-order valence-electron chi connectivity index (χ4n) is 6.21. The van der Waals surface area contributed by atoms with E-state index in [0.29, 0.717) is 13.0 Å². The van der Waals surface area contributed by atoms with Gasteiger partial charge in [-0.15, -0.1) is 6.58 Å². The molecule has 1 aliphatic rings. The van der Waals surface area contributed by atoms with E-state index in [2.05, 4.69) is 48.3 Å². The van der Waals surface area contributed by atoms with Gasteiger partial charge in [0.25, 0.3) is 0 Å². The molecule has 0 spiro atoms. The molecule has 1 aliphatic carbocycles. The normalized spacial score (nSPS) is 15.5. The van der Waals surface area contributed by atoms with E-state index in [9.17, 15) is 9.90 Å². The lowest BCUT2D eigenvalue weighted by Gasteiger charge is -2.45. The average molecular weight is 576 g/mol. The van der Waals surface area contributed by atoms with Crippen LogP contribution >= 0.6 is 0 Å². The molecule has 0 amide bonds. The minimum absolute atomic E-state index is 0.107. The fourth-order valence-corrected chi connectivity index (χ4v) is 6.21. The molecule has 222 valence electrons. The van der Waals surface area contributed by atoms with Gasteiger partial charge in [0.05, 0.1) is 25.4 Å². The van der Waals surface area contributed by atoms with Crippen molar-refractivity contribution in [2.45, 2.75) is 51.0 Å². The molecule has 0 fully saturated rings. The van der Waals surface area contributed by atoms with Crippen LogP contribution in [0.2, 0.25) is 0 Å². The molecule has 43 heavy (non-hydrogen) atoms. The van der Waals surface area contributed by atoms with Gasteiger partial charge in [-0.25, -0.2) is 0 Å². The van der Waals surface area contributed by atoms with E-state index in [1.54, 1.807) is 6.08 Å². The molecule has 4 aromatic rings. The summed E-state index contributed by atoms with van der Waals surface area (Å²) in [7, 11) is 0. The third-order valence-corrected chi connectivity index (χ3v) is 8.14. The van der Waals surface area contributed by atoms with Crippen LogP contribution in [0, 0.1) is 5.41 Å². The van der Waals surface area contributed by atoms with Crippen molar-refractivity contribution >= 4 is 5.97 Å². The number of hydrogen-bond acceptors (Lipinski definition) is 5. The van der Waals surface area contributed by atoms with Crippen LogP contribution in [0.5, 0.6) is 0 Å². The van der Waals surface area contributed by atoms with Crippen molar-refractivity contribution in [1.29, 1.82) is 0 Å². The van der Waals surface area contributed by atoms with Gasteiger partial charge in [0, 0.05) is 5.41 Å². The SMILES string of the molecule is C=CCC(CO)(COCc1ccccc1)C(NC1(c2ccccc2)c2ccccc2-c2ccccc21)C(=O)OC(C)(C)C. The van der Waals surface area contributed by atoms with Gasteiger partial charge in [-0.05, 0) is 60.6 Å². The maximum Gasteiger partial charge on any atom is 0.324 e. The van der Waals surface area contributed by atoms with Crippen molar-refractivity contribution in [2.24, 2.45) is 5.41 Å². The summed E-state index contributed by atoms with van der Waals surface area (Å²) in [6.07, 6.45) is 2.07. The minimum Gasteiger partial charge on any atom is -0.459 e. The standard InChI is InChI=1S/C38H41NO4/c1-5-24-37(26-40,27-42-25-28-16-8-6-9-17-28)34(35(41)43-36(2,3)4)39-38(29-18-10-7-11-19-29)32-22-14-12-20-30(32)31-21-13-15-23-33(31)38/h5-23,34,39-40H,1,24-27H2,2-4H3. The van der Waals surface area contributed by atoms with Gasteiger partial charge in [-0.3, -0.25) is 10.1 Å². The van der Waals surface area contributed by atoms with E-state index in [4.69, 9.17) is 9.47 Å². The molecule has 5 rings (SSSR count). The monoisotopic (exact) mass is 575 g/mol. The molecule has 0 bridgehead atoms. The molecule has 5 heteroatoms. The minimum atomic E-state index is -1.08. The van der Waals surface area contributed by atoms with Crippen molar-refractivity contribution in [3.8, 4) is 11.1 Å². The number of allylic oxidation sites excluding steroid dienone is 1. The molecule has 2 unspecified atom stereocenters. The van der Waals surface area contributed by atoms with Gasteiger partial charge in [-0.2, -0.15) is 0 Å². The summed E-state index contributed by atoms with van der Waals surface area (Å²) < 4.78 is 12.4. The number of aliphatic hydroxyl groups is 1. The van der Waals surface area contributed by atoms with Crippen LogP contribution < -0.4 is 5.32 Å². The topological polar surface area (TPSA) is 67.8 Å². The first-order valence-electron chi connectivity index (χ1n) is 14.8. The zero-order valence-electron chi connectivity index (χ0n) is 25.3. The first-order chi connectivity index (χ1) is 20.7. The second kappa shape index (κ2) is 12.7. The lowest BCUT2D eigenvalue weighted by Crippen LogP contribution is -2.62. The molecule has 0 aliphatic heterocycles. The highest BCUT2D eigenvalue weighted by Gasteiger charge is 2.52. The predicted octanol–water partition coefficient (Wildman–Crippen LogP) is 7.03. The Balaban J connectivity index is 1.68. The van der Waals surface area contributed by atoms with E-state index in [1.807, 2.05) is 93.6 Å². The van der Waals surface area contributed by atoms with E-state index >= 15 is 0 Å². The third kappa shape index (κ3) is 6.07. The molecular formula is C38H41NO4. The number of ether oxygens (including phenoxy) is 2. The van der Waals surface area contributed by atoms with Gasteiger partial charge in [-0.1, -0.05) is 115 Å². The van der Waals surface area contributed by atoms with E-state index in [1.165, 1.54) is 0 Å². The maximum absolute atomic E-state index is 14.4. The molecule has 0 saturated heterocycles.